The summed E-state index contributed by atoms with van der Waals surface area (Å²) in [6, 6.07) is 21.7. The van der Waals surface area contributed by atoms with Gasteiger partial charge in [0.05, 0.1) is 0 Å². The predicted octanol–water partition coefficient (Wildman–Crippen LogP) is 0.646. The number of rotatable bonds is 2. The maximum atomic E-state index is 8.36. The predicted molar refractivity (Wildman–Crippen MR) is 75.5 cm³/mol. The molecule has 0 spiro atoms. The second-order valence-electron chi connectivity index (χ2n) is 3.33. The zero-order chi connectivity index (χ0) is 16.1. The molecule has 0 unspecified atom stereocenters. The molecule has 2 N–H and O–H groups in total. The van der Waals surface area contributed by atoms with E-state index in [1.54, 1.807) is 6.25 Å². The van der Waals surface area contributed by atoms with Crippen molar-refractivity contribution in [3.8, 4) is 0 Å². The number of hydrogen-bond donors (Lipinski definition) is 2. The van der Waals surface area contributed by atoms with Gasteiger partial charge in [0.15, 0.2) is 0 Å². The van der Waals surface area contributed by atoms with Crippen LogP contribution >= 0.6 is 0 Å². The summed E-state index contributed by atoms with van der Waals surface area (Å²) in [5.41, 5.74) is 0. The monoisotopic (exact) mass is 488 g/mol. The van der Waals surface area contributed by atoms with Crippen LogP contribution in [-0.2, 0) is 0 Å². The van der Waals surface area contributed by atoms with Crippen molar-refractivity contribution in [1.82, 2.24) is 0 Å². The van der Waals surface area contributed by atoms with Crippen molar-refractivity contribution in [2.45, 2.75) is 0 Å². The molecule has 0 bridgehead atoms. The second-order valence-corrected chi connectivity index (χ2v) is 8.79. The molecule has 0 aromatic heterocycles. The van der Waals surface area contributed by atoms with Crippen LogP contribution in [0, 0.1) is 20.2 Å². The molecular formula is C12H12N2O6Pb. The molecule has 0 fully saturated rings. The fourth-order valence-corrected chi connectivity index (χ4v) is 5.30. The first-order valence-corrected chi connectivity index (χ1v) is 9.34. The first-order valence-electron chi connectivity index (χ1n) is 5.45. The van der Waals surface area contributed by atoms with Crippen LogP contribution in [-0.4, -0.2) is 44.8 Å². The van der Waals surface area contributed by atoms with E-state index in [0.29, 0.717) is 0 Å². The van der Waals surface area contributed by atoms with E-state index in [1.165, 1.54) is 0 Å². The molecule has 0 aliphatic carbocycles. The van der Waals surface area contributed by atoms with Crippen molar-refractivity contribution in [2.75, 3.05) is 0 Å². The standard InChI is InChI=1S/2C6H5.2HNO3.Pb/c2*1-2-4-6-5-3-1;2*2-1(3)4;/h2*1-5H;2*(H,2,3,4);. The molecule has 9 heteroatoms. The van der Waals surface area contributed by atoms with Crippen LogP contribution in [0.4, 0.5) is 0 Å². The summed E-state index contributed by atoms with van der Waals surface area (Å²) in [7, 11) is 0. The van der Waals surface area contributed by atoms with Crippen molar-refractivity contribution in [3.05, 3.63) is 80.9 Å². The number of benzene rings is 2. The topological polar surface area (TPSA) is 127 Å². The van der Waals surface area contributed by atoms with Gasteiger partial charge in [0, 0.05) is 0 Å². The van der Waals surface area contributed by atoms with E-state index < -0.39 is 34.4 Å². The number of hydrogen-bond acceptors (Lipinski definition) is 4. The fourth-order valence-electron chi connectivity index (χ4n) is 1.21. The number of nitrogens with zero attached hydrogens (tertiary/aromatic N) is 2. The van der Waals surface area contributed by atoms with E-state index in [0.717, 1.165) is 0 Å². The van der Waals surface area contributed by atoms with Crippen molar-refractivity contribution >= 4 is 30.5 Å². The van der Waals surface area contributed by atoms with Crippen LogP contribution in [0.3, 0.4) is 0 Å². The van der Waals surface area contributed by atoms with Gasteiger partial charge in [-0.25, -0.2) is 0 Å². The maximum absolute atomic E-state index is 8.36. The minimum absolute atomic E-state index is 0.740. The molecule has 0 amide bonds. The van der Waals surface area contributed by atoms with Gasteiger partial charge < -0.3 is 10.4 Å². The summed E-state index contributed by atoms with van der Waals surface area (Å²) in [4.78, 5) is 16.7. The fraction of sp³-hybridized carbons (Fsp3) is 0. The van der Waals surface area contributed by atoms with E-state index in [-0.39, 0.29) is 0 Å². The van der Waals surface area contributed by atoms with Crippen LogP contribution in [0.15, 0.2) is 60.7 Å². The molecule has 8 nitrogen and oxygen atoms in total. The van der Waals surface area contributed by atoms with Crippen molar-refractivity contribution in [2.24, 2.45) is 0 Å². The summed E-state index contributed by atoms with van der Waals surface area (Å²) in [6.07, 6.45) is 0. The molecular weight excluding hydrogens is 475 g/mol. The Kier molecular flexibility index (Phi) is 10.3. The van der Waals surface area contributed by atoms with E-state index >= 15 is 0 Å². The Morgan fingerprint density at radius 3 is 1.19 bits per heavy atom. The summed E-state index contributed by atoms with van der Waals surface area (Å²) in [6.45, 7) is 0. The zero-order valence-electron chi connectivity index (χ0n) is 10.7. The summed E-state index contributed by atoms with van der Waals surface area (Å²) >= 11 is -0.740. The van der Waals surface area contributed by atoms with Gasteiger partial charge >= 0.3 is 91.1 Å². The molecule has 2 rings (SSSR count). The summed E-state index contributed by atoms with van der Waals surface area (Å²) < 4.78 is 3.13. The van der Waals surface area contributed by atoms with Crippen LogP contribution in [0.5, 0.6) is 0 Å². The van der Waals surface area contributed by atoms with Crippen LogP contribution < -0.4 is 6.25 Å². The molecule has 2 aromatic carbocycles. The quantitative estimate of drug-likeness (QED) is 0.364. The van der Waals surface area contributed by atoms with E-state index in [1.807, 2.05) is 0 Å². The Bertz CT molecular complexity index is 480. The van der Waals surface area contributed by atoms with Crippen LogP contribution in [0.25, 0.3) is 0 Å². The third-order valence-electron chi connectivity index (χ3n) is 1.84. The van der Waals surface area contributed by atoms with Gasteiger partial charge in [-0.3, -0.25) is 0 Å². The van der Waals surface area contributed by atoms with Gasteiger partial charge in [-0.2, -0.15) is 0 Å². The molecule has 0 heterocycles. The van der Waals surface area contributed by atoms with Gasteiger partial charge in [-0.15, -0.1) is 20.2 Å². The molecule has 0 aliphatic rings. The second kappa shape index (κ2) is 11.6. The first kappa shape index (κ1) is 18.8. The third-order valence-corrected chi connectivity index (χ3v) is 6.67. The average molecular weight is 487 g/mol. The summed E-state index contributed by atoms with van der Waals surface area (Å²) in [5, 5.41) is 27.3. The van der Waals surface area contributed by atoms with Gasteiger partial charge in [0.25, 0.3) is 10.2 Å². The molecule has 0 aliphatic heterocycles. The average Bonchev–Trinajstić information content (AvgIpc) is 2.40. The van der Waals surface area contributed by atoms with Crippen molar-refractivity contribution < 1.29 is 20.6 Å². The Balaban J connectivity index is 0.000000421. The van der Waals surface area contributed by atoms with Gasteiger partial charge in [-0.1, -0.05) is 0 Å². The molecule has 2 aromatic rings. The van der Waals surface area contributed by atoms with Crippen LogP contribution in [0.2, 0.25) is 0 Å². The molecule has 110 valence electrons. The van der Waals surface area contributed by atoms with Gasteiger partial charge in [0.2, 0.25) is 0 Å². The molecule has 21 heavy (non-hydrogen) atoms. The SMILES string of the molecule is O=[N+]([O-])O.O=[N+]([O-])O.c1cc[c]([Pb][c]2ccccc2)cc1. The third kappa shape index (κ3) is 14.0. The molecule has 0 atom stereocenters. The van der Waals surface area contributed by atoms with Crippen molar-refractivity contribution in [3.63, 3.8) is 0 Å². The van der Waals surface area contributed by atoms with E-state index in [4.69, 9.17) is 30.6 Å². The van der Waals surface area contributed by atoms with Crippen LogP contribution in [0.1, 0.15) is 0 Å². The normalized spacial score (nSPS) is 8.38. The van der Waals surface area contributed by atoms with Crippen molar-refractivity contribution in [1.29, 1.82) is 0 Å². The zero-order valence-corrected chi connectivity index (χ0v) is 14.6. The van der Waals surface area contributed by atoms with Gasteiger partial charge in [0.1, 0.15) is 0 Å². The minimum atomic E-state index is -1.50. The Morgan fingerprint density at radius 2 is 0.952 bits per heavy atom. The molecule has 0 saturated heterocycles. The molecule has 2 radical (unpaired) electrons. The Morgan fingerprint density at radius 1 is 0.714 bits per heavy atom. The first-order chi connectivity index (χ1) is 9.91. The Labute approximate surface area is 132 Å². The van der Waals surface area contributed by atoms with Gasteiger partial charge in [-0.05, 0) is 0 Å². The van der Waals surface area contributed by atoms with E-state index in [2.05, 4.69) is 60.7 Å². The molecule has 0 saturated carbocycles. The Hall–Kier alpha value is -2.24. The van der Waals surface area contributed by atoms with E-state index in [9.17, 15) is 0 Å². The summed E-state index contributed by atoms with van der Waals surface area (Å²) in [5.74, 6) is 0.